The van der Waals surface area contributed by atoms with Gasteiger partial charge in [-0.15, -0.1) is 0 Å². The lowest BCUT2D eigenvalue weighted by atomic mass is 9.98. The first-order valence-electron chi connectivity index (χ1n) is 7.63. The fourth-order valence-electron chi connectivity index (χ4n) is 2.15. The fourth-order valence-corrected chi connectivity index (χ4v) is 2.89. The summed E-state index contributed by atoms with van der Waals surface area (Å²) >= 11 is 3.64. The number of alkyl halides is 1. The van der Waals surface area contributed by atoms with Gasteiger partial charge in [0.2, 0.25) is 0 Å². The number of benzene rings is 1. The molecule has 0 saturated heterocycles. The van der Waals surface area contributed by atoms with Crippen LogP contribution in [0.3, 0.4) is 0 Å². The predicted octanol–water partition coefficient (Wildman–Crippen LogP) is 4.21. The maximum atomic E-state index is 12.0. The van der Waals surface area contributed by atoms with Gasteiger partial charge in [0.15, 0.2) is 0 Å². The summed E-state index contributed by atoms with van der Waals surface area (Å²) in [5.41, 5.74) is 2.12. The van der Waals surface area contributed by atoms with Crippen LogP contribution in [-0.4, -0.2) is 25.2 Å². The summed E-state index contributed by atoms with van der Waals surface area (Å²) in [5, 5.41) is 0. The summed E-state index contributed by atoms with van der Waals surface area (Å²) in [6, 6.07) is 5.51. The Labute approximate surface area is 140 Å². The molecular formula is C17H23BrO4. The summed E-state index contributed by atoms with van der Waals surface area (Å²) in [7, 11) is 0. The number of carbonyl (C=O) groups excluding carboxylic acids is 2. The van der Waals surface area contributed by atoms with Gasteiger partial charge < -0.3 is 9.47 Å². The van der Waals surface area contributed by atoms with Gasteiger partial charge in [-0.3, -0.25) is 4.79 Å². The molecule has 1 aromatic carbocycles. The highest BCUT2D eigenvalue weighted by Crippen LogP contribution is 2.29. The summed E-state index contributed by atoms with van der Waals surface area (Å²) < 4.78 is 10.0. The summed E-state index contributed by atoms with van der Waals surface area (Å²) in [4.78, 5) is 24.0. The Balaban J connectivity index is 3.10. The van der Waals surface area contributed by atoms with Crippen molar-refractivity contribution < 1.29 is 19.1 Å². The first kappa shape index (κ1) is 18.7. The monoisotopic (exact) mass is 370 g/mol. The number of carbonyl (C=O) groups is 2. The second kappa shape index (κ2) is 9.62. The van der Waals surface area contributed by atoms with Crippen molar-refractivity contribution in [3.8, 4) is 0 Å². The number of halogens is 1. The molecule has 0 spiro atoms. The first-order chi connectivity index (χ1) is 10.5. The van der Waals surface area contributed by atoms with Crippen molar-refractivity contribution in [2.45, 2.75) is 44.9 Å². The van der Waals surface area contributed by atoms with Crippen molar-refractivity contribution >= 4 is 27.9 Å². The molecule has 1 atom stereocenters. The molecule has 1 rings (SSSR count). The van der Waals surface area contributed by atoms with Gasteiger partial charge in [0.1, 0.15) is 0 Å². The van der Waals surface area contributed by atoms with E-state index >= 15 is 0 Å². The standard InChI is InChI=1S/C17H23BrO4/c1-4-7-15(18)12-8-9-14(17(20)22-6-3)13(10-12)11-16(19)21-5-2/h8-10,15H,4-7,11H2,1-3H3. The number of esters is 2. The Morgan fingerprint density at radius 3 is 2.41 bits per heavy atom. The molecule has 0 saturated carbocycles. The van der Waals surface area contributed by atoms with E-state index in [4.69, 9.17) is 9.47 Å². The molecule has 0 heterocycles. The highest BCUT2D eigenvalue weighted by molar-refractivity contribution is 9.09. The van der Waals surface area contributed by atoms with E-state index < -0.39 is 5.97 Å². The maximum Gasteiger partial charge on any atom is 0.338 e. The van der Waals surface area contributed by atoms with Gasteiger partial charge in [0, 0.05) is 4.83 Å². The van der Waals surface area contributed by atoms with Gasteiger partial charge in [0.05, 0.1) is 25.2 Å². The summed E-state index contributed by atoms with van der Waals surface area (Å²) in [6.07, 6.45) is 2.10. The molecule has 0 aliphatic heterocycles. The Hall–Kier alpha value is -1.36. The number of hydrogen-bond acceptors (Lipinski definition) is 4. The Morgan fingerprint density at radius 1 is 1.14 bits per heavy atom. The van der Waals surface area contributed by atoms with Crippen LogP contribution < -0.4 is 0 Å². The van der Waals surface area contributed by atoms with Gasteiger partial charge in [-0.1, -0.05) is 41.4 Å². The number of rotatable bonds is 8. The number of hydrogen-bond donors (Lipinski definition) is 0. The zero-order valence-corrected chi connectivity index (χ0v) is 14.9. The molecule has 0 aliphatic carbocycles. The molecule has 0 fully saturated rings. The molecule has 0 N–H and O–H groups in total. The van der Waals surface area contributed by atoms with E-state index in [1.165, 1.54) is 0 Å². The van der Waals surface area contributed by atoms with Crippen LogP contribution in [-0.2, 0) is 20.7 Å². The largest absolute Gasteiger partial charge is 0.466 e. The van der Waals surface area contributed by atoms with Crippen molar-refractivity contribution in [3.05, 3.63) is 34.9 Å². The lowest BCUT2D eigenvalue weighted by Gasteiger charge is -2.14. The minimum atomic E-state index is -0.407. The van der Waals surface area contributed by atoms with Crippen molar-refractivity contribution in [2.24, 2.45) is 0 Å². The first-order valence-corrected chi connectivity index (χ1v) is 8.54. The topological polar surface area (TPSA) is 52.6 Å². The molecule has 5 heteroatoms. The van der Waals surface area contributed by atoms with Gasteiger partial charge in [0.25, 0.3) is 0 Å². The zero-order chi connectivity index (χ0) is 16.5. The van der Waals surface area contributed by atoms with E-state index in [1.807, 2.05) is 12.1 Å². The van der Waals surface area contributed by atoms with Crippen LogP contribution >= 0.6 is 15.9 Å². The van der Waals surface area contributed by atoms with E-state index in [9.17, 15) is 9.59 Å². The van der Waals surface area contributed by atoms with Crippen molar-refractivity contribution in [1.82, 2.24) is 0 Å². The molecule has 0 aliphatic rings. The summed E-state index contributed by atoms with van der Waals surface area (Å²) in [5.74, 6) is -0.748. The number of ether oxygens (including phenoxy) is 2. The van der Waals surface area contributed by atoms with Gasteiger partial charge in [-0.25, -0.2) is 4.79 Å². The van der Waals surface area contributed by atoms with Crippen LogP contribution in [0.15, 0.2) is 18.2 Å². The lowest BCUT2D eigenvalue weighted by Crippen LogP contribution is -2.14. The lowest BCUT2D eigenvalue weighted by molar-refractivity contribution is -0.142. The van der Waals surface area contributed by atoms with Crippen LogP contribution in [0.2, 0.25) is 0 Å². The molecular weight excluding hydrogens is 348 g/mol. The Morgan fingerprint density at radius 2 is 1.82 bits per heavy atom. The minimum Gasteiger partial charge on any atom is -0.466 e. The average molecular weight is 371 g/mol. The third-order valence-corrected chi connectivity index (χ3v) is 4.16. The van der Waals surface area contributed by atoms with Crippen molar-refractivity contribution in [2.75, 3.05) is 13.2 Å². The minimum absolute atomic E-state index is 0.0711. The van der Waals surface area contributed by atoms with Gasteiger partial charge >= 0.3 is 11.9 Å². The molecule has 0 radical (unpaired) electrons. The van der Waals surface area contributed by atoms with Gasteiger partial charge in [-0.2, -0.15) is 0 Å². The maximum absolute atomic E-state index is 12.0. The van der Waals surface area contributed by atoms with E-state index in [2.05, 4.69) is 22.9 Å². The van der Waals surface area contributed by atoms with Crippen LogP contribution in [0.5, 0.6) is 0 Å². The van der Waals surface area contributed by atoms with Crippen LogP contribution in [0.4, 0.5) is 0 Å². The average Bonchev–Trinajstić information content (AvgIpc) is 2.47. The quantitative estimate of drug-likeness (QED) is 0.508. The van der Waals surface area contributed by atoms with E-state index in [1.54, 1.807) is 19.9 Å². The smallest absolute Gasteiger partial charge is 0.338 e. The predicted molar refractivity (Wildman–Crippen MR) is 89.3 cm³/mol. The van der Waals surface area contributed by atoms with Crippen molar-refractivity contribution in [1.29, 1.82) is 0 Å². The Bertz CT molecular complexity index is 513. The van der Waals surface area contributed by atoms with E-state index in [-0.39, 0.29) is 17.2 Å². The molecule has 1 aromatic rings. The highest BCUT2D eigenvalue weighted by atomic mass is 79.9. The molecule has 22 heavy (non-hydrogen) atoms. The molecule has 0 aromatic heterocycles. The van der Waals surface area contributed by atoms with E-state index in [0.717, 1.165) is 18.4 Å². The van der Waals surface area contributed by atoms with E-state index in [0.29, 0.717) is 24.3 Å². The zero-order valence-electron chi connectivity index (χ0n) is 13.4. The van der Waals surface area contributed by atoms with Crippen LogP contribution in [0.1, 0.15) is 59.9 Å². The van der Waals surface area contributed by atoms with Crippen LogP contribution in [0, 0.1) is 0 Å². The third-order valence-electron chi connectivity index (χ3n) is 3.17. The highest BCUT2D eigenvalue weighted by Gasteiger charge is 2.18. The molecule has 122 valence electrons. The Kier molecular flexibility index (Phi) is 8.17. The molecule has 0 amide bonds. The van der Waals surface area contributed by atoms with Gasteiger partial charge in [-0.05, 0) is 37.5 Å². The van der Waals surface area contributed by atoms with Crippen molar-refractivity contribution in [3.63, 3.8) is 0 Å². The fraction of sp³-hybridized carbons (Fsp3) is 0.529. The SMILES string of the molecule is CCCC(Br)c1ccc(C(=O)OCC)c(CC(=O)OCC)c1. The van der Waals surface area contributed by atoms with Crippen LogP contribution in [0.25, 0.3) is 0 Å². The normalized spacial score (nSPS) is 11.8. The third kappa shape index (κ3) is 5.44. The molecule has 4 nitrogen and oxygen atoms in total. The molecule has 0 bridgehead atoms. The molecule has 1 unspecified atom stereocenters. The second-order valence-corrected chi connectivity index (χ2v) is 5.98. The second-order valence-electron chi connectivity index (χ2n) is 4.88. The summed E-state index contributed by atoms with van der Waals surface area (Å²) in [6.45, 7) is 6.25.